The van der Waals surface area contributed by atoms with Gasteiger partial charge in [0, 0.05) is 24.3 Å². The number of ether oxygens (including phenoxy) is 1. The van der Waals surface area contributed by atoms with Crippen molar-refractivity contribution in [2.75, 3.05) is 10.8 Å². The molecule has 1 aliphatic rings. The molecule has 1 aromatic heterocycles. The minimum atomic E-state index is -4.09. The van der Waals surface area contributed by atoms with Crippen molar-refractivity contribution in [1.29, 1.82) is 0 Å². The molecular formula is C24H25Cl2FN4O3S. The molecule has 0 saturated carbocycles. The molecule has 0 spiro atoms. The van der Waals surface area contributed by atoms with Crippen LogP contribution in [0.4, 0.5) is 10.1 Å². The average molecular weight is 539 g/mol. The maximum atomic E-state index is 14.4. The quantitative estimate of drug-likeness (QED) is 0.435. The summed E-state index contributed by atoms with van der Waals surface area (Å²) >= 11 is 12.4. The zero-order valence-electron chi connectivity index (χ0n) is 19.4. The monoisotopic (exact) mass is 538 g/mol. The van der Waals surface area contributed by atoms with E-state index in [2.05, 4.69) is 5.10 Å². The third-order valence-electron chi connectivity index (χ3n) is 5.78. The van der Waals surface area contributed by atoms with E-state index in [4.69, 9.17) is 33.7 Å². The molecule has 186 valence electrons. The molecule has 0 saturated heterocycles. The second kappa shape index (κ2) is 9.81. The van der Waals surface area contributed by atoms with Crippen molar-refractivity contribution in [3.05, 3.63) is 69.7 Å². The van der Waals surface area contributed by atoms with Crippen LogP contribution < -0.4 is 14.8 Å². The minimum Gasteiger partial charge on any atom is -0.485 e. The maximum Gasteiger partial charge on any atom is 0.269 e. The number of allylic oxidation sites excluding steroid dienone is 1. The third kappa shape index (κ3) is 4.91. The van der Waals surface area contributed by atoms with Crippen molar-refractivity contribution < 1.29 is 17.5 Å². The van der Waals surface area contributed by atoms with Crippen LogP contribution in [0.1, 0.15) is 31.9 Å². The number of halogens is 3. The Morgan fingerprint density at radius 2 is 2.09 bits per heavy atom. The molecule has 7 nitrogen and oxygen atoms in total. The number of aryl methyl sites for hydroxylation is 1. The third-order valence-corrected chi connectivity index (χ3v) is 8.27. The van der Waals surface area contributed by atoms with Crippen molar-refractivity contribution in [1.82, 2.24) is 9.78 Å². The van der Waals surface area contributed by atoms with Gasteiger partial charge in [-0.25, -0.2) is 12.8 Å². The SMILES string of the molecule is CCn1cc(S(=O)(=O)N2C[C@H]([C@@H](C)N)Oc3ccc(C=C(C)c4c(F)cccc4Cl)cc32)c(Cl)n1. The van der Waals surface area contributed by atoms with Crippen molar-refractivity contribution in [2.45, 2.75) is 44.4 Å². The van der Waals surface area contributed by atoms with Gasteiger partial charge in [0.1, 0.15) is 22.6 Å². The lowest BCUT2D eigenvalue weighted by Crippen LogP contribution is -2.50. The summed E-state index contributed by atoms with van der Waals surface area (Å²) in [6.07, 6.45) is 2.56. The molecule has 0 bridgehead atoms. The van der Waals surface area contributed by atoms with Crippen molar-refractivity contribution >= 4 is 50.6 Å². The first-order valence-electron chi connectivity index (χ1n) is 11.0. The van der Waals surface area contributed by atoms with E-state index in [0.29, 0.717) is 29.1 Å². The number of sulfonamides is 1. The molecule has 4 rings (SSSR count). The van der Waals surface area contributed by atoms with Crippen LogP contribution in [0.2, 0.25) is 10.2 Å². The fourth-order valence-electron chi connectivity index (χ4n) is 3.91. The van der Waals surface area contributed by atoms with Gasteiger partial charge in [-0.2, -0.15) is 5.10 Å². The molecule has 1 aliphatic heterocycles. The van der Waals surface area contributed by atoms with Crippen LogP contribution in [0.3, 0.4) is 0 Å². The van der Waals surface area contributed by atoms with Crippen LogP contribution in [-0.2, 0) is 16.6 Å². The molecule has 0 aliphatic carbocycles. The van der Waals surface area contributed by atoms with E-state index in [1.54, 1.807) is 44.2 Å². The fraction of sp³-hybridized carbons (Fsp3) is 0.292. The zero-order chi connectivity index (χ0) is 25.5. The van der Waals surface area contributed by atoms with Gasteiger partial charge in [0.2, 0.25) is 0 Å². The molecule has 2 atom stereocenters. The van der Waals surface area contributed by atoms with E-state index in [1.807, 2.05) is 6.92 Å². The molecule has 2 N–H and O–H groups in total. The zero-order valence-corrected chi connectivity index (χ0v) is 21.7. The van der Waals surface area contributed by atoms with Gasteiger partial charge >= 0.3 is 0 Å². The first-order chi connectivity index (χ1) is 16.5. The summed E-state index contributed by atoms with van der Waals surface area (Å²) in [5.74, 6) is -0.0843. The Labute approximate surface area is 213 Å². The van der Waals surface area contributed by atoms with E-state index in [0.717, 1.165) is 0 Å². The second-order valence-corrected chi connectivity index (χ2v) is 10.9. The molecule has 0 unspecified atom stereocenters. The van der Waals surface area contributed by atoms with Crippen LogP contribution in [-0.4, -0.2) is 36.9 Å². The predicted octanol–water partition coefficient (Wildman–Crippen LogP) is 5.21. The molecule has 2 heterocycles. The van der Waals surface area contributed by atoms with E-state index in [-0.39, 0.29) is 27.2 Å². The fourth-order valence-corrected chi connectivity index (χ4v) is 6.15. The number of benzene rings is 2. The van der Waals surface area contributed by atoms with Gasteiger partial charge in [0.25, 0.3) is 10.0 Å². The van der Waals surface area contributed by atoms with Crippen LogP contribution in [0.5, 0.6) is 5.75 Å². The topological polar surface area (TPSA) is 90.5 Å². The largest absolute Gasteiger partial charge is 0.485 e. The maximum absolute atomic E-state index is 14.4. The summed E-state index contributed by atoms with van der Waals surface area (Å²) in [5, 5.41) is 4.24. The number of hydrogen-bond donors (Lipinski definition) is 1. The summed E-state index contributed by atoms with van der Waals surface area (Å²) in [6, 6.07) is 9.15. The van der Waals surface area contributed by atoms with Gasteiger partial charge in [-0.1, -0.05) is 41.4 Å². The molecular weight excluding hydrogens is 514 g/mol. The summed E-state index contributed by atoms with van der Waals surface area (Å²) < 4.78 is 50.6. The number of fused-ring (bicyclic) bond motifs is 1. The molecule has 11 heteroatoms. The van der Waals surface area contributed by atoms with E-state index in [1.165, 1.54) is 27.3 Å². The number of aromatic nitrogens is 2. The standard InChI is InChI=1S/C24H25Cl2FN4O3S/c1-4-30-13-22(24(26)29-30)35(32,33)31-12-21(15(3)28)34-20-9-8-16(11-19(20)31)10-14(2)23-17(25)6-5-7-18(23)27/h5-11,13,15,21H,4,12,28H2,1-3H3/t15-,21-/m1/s1. The smallest absolute Gasteiger partial charge is 0.269 e. The van der Waals surface area contributed by atoms with Crippen LogP contribution >= 0.6 is 23.2 Å². The highest BCUT2D eigenvalue weighted by molar-refractivity contribution is 7.93. The van der Waals surface area contributed by atoms with Crippen molar-refractivity contribution in [3.63, 3.8) is 0 Å². The van der Waals surface area contributed by atoms with Gasteiger partial charge in [0.15, 0.2) is 5.15 Å². The molecule has 0 fully saturated rings. The predicted molar refractivity (Wildman–Crippen MR) is 137 cm³/mol. The Morgan fingerprint density at radius 3 is 2.71 bits per heavy atom. The summed E-state index contributed by atoms with van der Waals surface area (Å²) in [7, 11) is -4.09. The molecule has 0 radical (unpaired) electrons. The summed E-state index contributed by atoms with van der Waals surface area (Å²) in [4.78, 5) is -0.104. The Kier molecular flexibility index (Phi) is 7.15. The van der Waals surface area contributed by atoms with Gasteiger partial charge < -0.3 is 10.5 Å². The number of rotatable bonds is 6. The first-order valence-corrected chi connectivity index (χ1v) is 13.2. The minimum absolute atomic E-state index is 0.00801. The van der Waals surface area contributed by atoms with Crippen molar-refractivity contribution in [3.8, 4) is 5.75 Å². The van der Waals surface area contributed by atoms with Crippen LogP contribution in [0.15, 0.2) is 47.5 Å². The van der Waals surface area contributed by atoms with Crippen LogP contribution in [0.25, 0.3) is 11.6 Å². The lowest BCUT2D eigenvalue weighted by molar-refractivity contribution is 0.176. The number of nitrogens with zero attached hydrogens (tertiary/aromatic N) is 3. The second-order valence-electron chi connectivity index (χ2n) is 8.34. The normalized spacial score (nSPS) is 17.2. The van der Waals surface area contributed by atoms with Gasteiger partial charge in [0.05, 0.1) is 17.3 Å². The summed E-state index contributed by atoms with van der Waals surface area (Å²) in [6.45, 7) is 5.77. The summed E-state index contributed by atoms with van der Waals surface area (Å²) in [5.41, 5.74) is 7.89. The number of nitrogens with two attached hydrogens (primary N) is 1. The highest BCUT2D eigenvalue weighted by Crippen LogP contribution is 2.40. The molecule has 0 amide bonds. The Morgan fingerprint density at radius 1 is 1.34 bits per heavy atom. The highest BCUT2D eigenvalue weighted by Gasteiger charge is 2.38. The van der Waals surface area contributed by atoms with Crippen molar-refractivity contribution in [2.24, 2.45) is 5.73 Å². The number of hydrogen-bond acceptors (Lipinski definition) is 5. The lowest BCUT2D eigenvalue weighted by atomic mass is 10.0. The average Bonchev–Trinajstić information content (AvgIpc) is 3.19. The van der Waals surface area contributed by atoms with Gasteiger partial charge in [-0.3, -0.25) is 8.99 Å². The molecule has 3 aromatic rings. The molecule has 35 heavy (non-hydrogen) atoms. The van der Waals surface area contributed by atoms with E-state index >= 15 is 0 Å². The van der Waals surface area contributed by atoms with Gasteiger partial charge in [-0.05, 0) is 56.2 Å². The molecule has 2 aromatic carbocycles. The Hall–Kier alpha value is -2.59. The Bertz CT molecular complexity index is 1390. The van der Waals surface area contributed by atoms with E-state index in [9.17, 15) is 12.8 Å². The van der Waals surface area contributed by atoms with Crippen LogP contribution in [0, 0.1) is 5.82 Å². The lowest BCUT2D eigenvalue weighted by Gasteiger charge is -2.37. The first kappa shape index (κ1) is 25.5. The van der Waals surface area contributed by atoms with Gasteiger partial charge in [-0.15, -0.1) is 0 Å². The van der Waals surface area contributed by atoms with E-state index < -0.39 is 28.0 Å². The highest BCUT2D eigenvalue weighted by atomic mass is 35.5. The number of anilines is 1. The Balaban J connectivity index is 1.82.